The summed E-state index contributed by atoms with van der Waals surface area (Å²) in [5, 5.41) is 0. The van der Waals surface area contributed by atoms with Gasteiger partial charge in [0.25, 0.3) is 0 Å². The molecule has 0 aromatic heterocycles. The van der Waals surface area contributed by atoms with E-state index in [4.69, 9.17) is 5.73 Å². The second kappa shape index (κ2) is 8.12. The average molecular weight is 278 g/mol. The number of nitrogens with two attached hydrogens (primary N) is 1. The second-order valence-electron chi connectivity index (χ2n) is 4.81. The summed E-state index contributed by atoms with van der Waals surface area (Å²) >= 11 is 0. The van der Waals surface area contributed by atoms with Crippen molar-refractivity contribution in [3.05, 3.63) is 0 Å². The van der Waals surface area contributed by atoms with Crippen molar-refractivity contribution in [2.24, 2.45) is 5.73 Å². The molecular weight excluding hydrogens is 248 g/mol. The van der Waals surface area contributed by atoms with E-state index in [0.717, 1.165) is 25.9 Å². The first kappa shape index (κ1) is 17.9. The summed E-state index contributed by atoms with van der Waals surface area (Å²) in [6.07, 6.45) is 2.72. The van der Waals surface area contributed by atoms with Crippen molar-refractivity contribution in [1.82, 2.24) is 4.90 Å². The molecule has 0 unspecified atom stereocenters. The molecule has 0 rings (SSSR count). The molecule has 0 saturated heterocycles. The standard InChI is InChI=1S/C13H30N2O2S/c1-5-13(6-2,12-14)15(7-3)10-9-11-18(16,17)8-4/h5-12,14H2,1-4H3. The molecule has 0 bridgehead atoms. The Labute approximate surface area is 113 Å². The molecule has 0 aromatic rings. The van der Waals surface area contributed by atoms with Crippen molar-refractivity contribution >= 4 is 9.84 Å². The van der Waals surface area contributed by atoms with E-state index in [1.165, 1.54) is 0 Å². The van der Waals surface area contributed by atoms with Gasteiger partial charge >= 0.3 is 0 Å². The van der Waals surface area contributed by atoms with Crippen molar-refractivity contribution in [2.75, 3.05) is 31.1 Å². The number of rotatable bonds is 10. The molecule has 0 aliphatic rings. The number of sulfone groups is 1. The predicted molar refractivity (Wildman–Crippen MR) is 78.6 cm³/mol. The van der Waals surface area contributed by atoms with Crippen LogP contribution in [-0.2, 0) is 9.84 Å². The fourth-order valence-electron chi connectivity index (χ4n) is 2.47. The molecule has 0 amide bonds. The van der Waals surface area contributed by atoms with Gasteiger partial charge in [0, 0.05) is 17.8 Å². The third-order valence-electron chi connectivity index (χ3n) is 4.07. The lowest BCUT2D eigenvalue weighted by atomic mass is 9.90. The number of likely N-dealkylation sites (N-methyl/N-ethyl adjacent to an activating group) is 1. The van der Waals surface area contributed by atoms with Crippen molar-refractivity contribution in [3.8, 4) is 0 Å². The fourth-order valence-corrected chi connectivity index (χ4v) is 3.32. The summed E-state index contributed by atoms with van der Waals surface area (Å²) in [6.45, 7) is 10.5. The minimum absolute atomic E-state index is 0.0325. The Morgan fingerprint density at radius 2 is 1.67 bits per heavy atom. The lowest BCUT2D eigenvalue weighted by molar-refractivity contribution is 0.0911. The molecule has 18 heavy (non-hydrogen) atoms. The molecule has 0 spiro atoms. The van der Waals surface area contributed by atoms with Crippen molar-refractivity contribution in [1.29, 1.82) is 0 Å². The fraction of sp³-hybridized carbons (Fsp3) is 1.00. The average Bonchev–Trinajstić information content (AvgIpc) is 2.39. The van der Waals surface area contributed by atoms with Gasteiger partial charge in [0.05, 0.1) is 5.75 Å². The molecular formula is C13H30N2O2S. The Morgan fingerprint density at radius 3 is 2.00 bits per heavy atom. The summed E-state index contributed by atoms with van der Waals surface area (Å²) in [5.74, 6) is 0.525. The van der Waals surface area contributed by atoms with Crippen LogP contribution >= 0.6 is 0 Å². The molecule has 0 radical (unpaired) electrons. The van der Waals surface area contributed by atoms with Crippen molar-refractivity contribution < 1.29 is 8.42 Å². The van der Waals surface area contributed by atoms with Crippen LogP contribution in [0.2, 0.25) is 0 Å². The van der Waals surface area contributed by atoms with Crippen LogP contribution in [0.15, 0.2) is 0 Å². The van der Waals surface area contributed by atoms with Crippen LogP contribution in [0.25, 0.3) is 0 Å². The maximum atomic E-state index is 11.5. The minimum Gasteiger partial charge on any atom is -0.329 e. The van der Waals surface area contributed by atoms with Crippen molar-refractivity contribution in [2.45, 2.75) is 52.5 Å². The van der Waals surface area contributed by atoms with Gasteiger partial charge in [0.15, 0.2) is 0 Å². The number of nitrogens with zero attached hydrogens (tertiary/aromatic N) is 1. The third-order valence-corrected chi connectivity index (χ3v) is 5.86. The molecule has 0 saturated carbocycles. The SMILES string of the molecule is CCN(CCCS(=O)(=O)CC)C(CC)(CC)CN. The molecule has 0 fully saturated rings. The first-order valence-corrected chi connectivity index (χ1v) is 8.89. The molecule has 2 N–H and O–H groups in total. The smallest absolute Gasteiger partial charge is 0.150 e. The van der Waals surface area contributed by atoms with Crippen LogP contribution in [0.4, 0.5) is 0 Å². The predicted octanol–water partition coefficient (Wildman–Crippen LogP) is 1.65. The van der Waals surface area contributed by atoms with E-state index in [1.807, 2.05) is 0 Å². The molecule has 0 aliphatic carbocycles. The summed E-state index contributed by atoms with van der Waals surface area (Å²) in [7, 11) is -2.85. The van der Waals surface area contributed by atoms with E-state index in [0.29, 0.717) is 13.0 Å². The summed E-state index contributed by atoms with van der Waals surface area (Å²) in [4.78, 5) is 2.35. The molecule has 110 valence electrons. The van der Waals surface area contributed by atoms with Gasteiger partial charge in [-0.2, -0.15) is 0 Å². The highest BCUT2D eigenvalue weighted by atomic mass is 32.2. The first-order chi connectivity index (χ1) is 8.41. The highest BCUT2D eigenvalue weighted by Crippen LogP contribution is 2.22. The van der Waals surface area contributed by atoms with Gasteiger partial charge in [-0.3, -0.25) is 4.90 Å². The van der Waals surface area contributed by atoms with Gasteiger partial charge in [-0.25, -0.2) is 8.42 Å². The minimum atomic E-state index is -2.85. The van der Waals surface area contributed by atoms with E-state index in [-0.39, 0.29) is 17.0 Å². The summed E-state index contributed by atoms with van der Waals surface area (Å²) in [5.41, 5.74) is 5.96. The summed E-state index contributed by atoms with van der Waals surface area (Å²) in [6, 6.07) is 0. The van der Waals surface area contributed by atoms with Crippen LogP contribution in [0.5, 0.6) is 0 Å². The zero-order valence-corrected chi connectivity index (χ0v) is 13.2. The Kier molecular flexibility index (Phi) is 8.06. The maximum absolute atomic E-state index is 11.5. The van der Waals surface area contributed by atoms with E-state index >= 15 is 0 Å². The molecule has 4 nitrogen and oxygen atoms in total. The molecule has 0 aromatic carbocycles. The van der Waals surface area contributed by atoms with E-state index in [2.05, 4.69) is 25.7 Å². The first-order valence-electron chi connectivity index (χ1n) is 7.06. The van der Waals surface area contributed by atoms with Crippen LogP contribution in [0, 0.1) is 0 Å². The monoisotopic (exact) mass is 278 g/mol. The highest BCUT2D eigenvalue weighted by molar-refractivity contribution is 7.91. The van der Waals surface area contributed by atoms with Crippen LogP contribution in [-0.4, -0.2) is 50.0 Å². The van der Waals surface area contributed by atoms with Crippen LogP contribution < -0.4 is 5.73 Å². The zero-order valence-electron chi connectivity index (χ0n) is 12.4. The molecule has 0 aliphatic heterocycles. The molecule has 0 atom stereocenters. The maximum Gasteiger partial charge on any atom is 0.150 e. The Morgan fingerprint density at radius 1 is 1.11 bits per heavy atom. The Hall–Kier alpha value is -0.130. The van der Waals surface area contributed by atoms with Gasteiger partial charge in [0.2, 0.25) is 0 Å². The zero-order chi connectivity index (χ0) is 14.2. The number of hydrogen-bond acceptors (Lipinski definition) is 4. The normalized spacial score (nSPS) is 13.2. The summed E-state index contributed by atoms with van der Waals surface area (Å²) < 4.78 is 23.0. The second-order valence-corrected chi connectivity index (χ2v) is 7.28. The quantitative estimate of drug-likeness (QED) is 0.660. The van der Waals surface area contributed by atoms with Crippen LogP contribution in [0.3, 0.4) is 0 Å². The lowest BCUT2D eigenvalue weighted by Gasteiger charge is -2.42. The van der Waals surface area contributed by atoms with Crippen molar-refractivity contribution in [3.63, 3.8) is 0 Å². The van der Waals surface area contributed by atoms with E-state index < -0.39 is 9.84 Å². The Balaban J connectivity index is 4.52. The van der Waals surface area contributed by atoms with E-state index in [1.54, 1.807) is 6.92 Å². The largest absolute Gasteiger partial charge is 0.329 e. The van der Waals surface area contributed by atoms with E-state index in [9.17, 15) is 8.42 Å². The van der Waals surface area contributed by atoms with Gasteiger partial charge < -0.3 is 5.73 Å². The number of hydrogen-bond donors (Lipinski definition) is 1. The topological polar surface area (TPSA) is 63.4 Å². The van der Waals surface area contributed by atoms with Crippen LogP contribution in [0.1, 0.15) is 47.0 Å². The third kappa shape index (κ3) is 4.86. The Bertz CT molecular complexity index is 303. The van der Waals surface area contributed by atoms with Gasteiger partial charge in [0.1, 0.15) is 9.84 Å². The van der Waals surface area contributed by atoms with Gasteiger partial charge in [-0.1, -0.05) is 27.7 Å². The van der Waals surface area contributed by atoms with Gasteiger partial charge in [-0.15, -0.1) is 0 Å². The molecule has 0 heterocycles. The lowest BCUT2D eigenvalue weighted by Crippen LogP contribution is -2.53. The highest BCUT2D eigenvalue weighted by Gasteiger charge is 2.30. The van der Waals surface area contributed by atoms with Gasteiger partial charge in [-0.05, 0) is 32.4 Å². The molecule has 5 heteroatoms.